The number of nitrogens with two attached hydrogens (primary N) is 1. The second-order valence-corrected chi connectivity index (χ2v) is 4.22. The van der Waals surface area contributed by atoms with E-state index in [9.17, 15) is 4.79 Å². The Morgan fingerprint density at radius 3 is 3.00 bits per heavy atom. The van der Waals surface area contributed by atoms with Crippen molar-refractivity contribution in [1.82, 2.24) is 10.3 Å². The summed E-state index contributed by atoms with van der Waals surface area (Å²) in [6, 6.07) is 9.11. The number of methoxy groups -OCH3 is 1. The van der Waals surface area contributed by atoms with Crippen LogP contribution in [0.1, 0.15) is 16.9 Å². The van der Waals surface area contributed by atoms with Gasteiger partial charge in [-0.3, -0.25) is 4.79 Å². The molecule has 1 amide bonds. The minimum Gasteiger partial charge on any atom is -0.397 e. The molecular formula is C14H17N3O2. The van der Waals surface area contributed by atoms with Gasteiger partial charge in [0.05, 0.1) is 11.2 Å². The predicted molar refractivity (Wildman–Crippen MR) is 75.0 cm³/mol. The molecule has 5 nitrogen and oxygen atoms in total. The predicted octanol–water partition coefficient (Wildman–Crippen LogP) is 1.58. The lowest BCUT2D eigenvalue weighted by Crippen LogP contribution is -2.26. The van der Waals surface area contributed by atoms with E-state index in [1.165, 1.54) is 0 Å². The molecule has 0 saturated heterocycles. The van der Waals surface area contributed by atoms with Crippen molar-refractivity contribution in [2.24, 2.45) is 0 Å². The molecule has 0 atom stereocenters. The Balaban J connectivity index is 2.12. The van der Waals surface area contributed by atoms with Gasteiger partial charge in [0.25, 0.3) is 5.91 Å². The molecule has 0 bridgehead atoms. The summed E-state index contributed by atoms with van der Waals surface area (Å²) in [5, 5.41) is 3.72. The lowest BCUT2D eigenvalue weighted by atomic mass is 10.1. The van der Waals surface area contributed by atoms with Gasteiger partial charge in [0.2, 0.25) is 0 Å². The van der Waals surface area contributed by atoms with Crippen LogP contribution in [0.15, 0.2) is 30.3 Å². The molecule has 1 heterocycles. The molecule has 0 saturated carbocycles. The molecule has 19 heavy (non-hydrogen) atoms. The maximum absolute atomic E-state index is 11.9. The normalized spacial score (nSPS) is 10.6. The van der Waals surface area contributed by atoms with Crippen LogP contribution >= 0.6 is 0 Å². The minimum atomic E-state index is -0.193. The van der Waals surface area contributed by atoms with Crippen LogP contribution in [0.2, 0.25) is 0 Å². The van der Waals surface area contributed by atoms with Crippen LogP contribution in [-0.2, 0) is 4.74 Å². The van der Waals surface area contributed by atoms with Crippen molar-refractivity contribution in [3.63, 3.8) is 0 Å². The van der Waals surface area contributed by atoms with E-state index in [1.807, 2.05) is 18.2 Å². The number of ether oxygens (including phenoxy) is 1. The van der Waals surface area contributed by atoms with E-state index in [2.05, 4.69) is 10.3 Å². The number of pyridine rings is 1. The highest BCUT2D eigenvalue weighted by molar-refractivity contribution is 5.97. The number of fused-ring (bicyclic) bond motifs is 1. The van der Waals surface area contributed by atoms with Gasteiger partial charge in [-0.1, -0.05) is 18.2 Å². The zero-order chi connectivity index (χ0) is 13.7. The zero-order valence-electron chi connectivity index (χ0n) is 10.8. The largest absolute Gasteiger partial charge is 0.397 e. The zero-order valence-corrected chi connectivity index (χ0v) is 10.8. The van der Waals surface area contributed by atoms with Crippen molar-refractivity contribution in [1.29, 1.82) is 0 Å². The van der Waals surface area contributed by atoms with Gasteiger partial charge in [-0.2, -0.15) is 0 Å². The quantitative estimate of drug-likeness (QED) is 0.631. The summed E-state index contributed by atoms with van der Waals surface area (Å²) in [4.78, 5) is 16.2. The minimum absolute atomic E-state index is 0.193. The third-order valence-electron chi connectivity index (χ3n) is 2.79. The number of nitrogens with one attached hydrogen (secondary N) is 1. The molecule has 2 rings (SSSR count). The van der Waals surface area contributed by atoms with Crippen LogP contribution in [0.25, 0.3) is 10.9 Å². The van der Waals surface area contributed by atoms with Gasteiger partial charge in [0.1, 0.15) is 5.69 Å². The van der Waals surface area contributed by atoms with Crippen LogP contribution in [0, 0.1) is 0 Å². The number of benzene rings is 1. The topological polar surface area (TPSA) is 77.2 Å². The highest BCUT2D eigenvalue weighted by Crippen LogP contribution is 2.18. The van der Waals surface area contributed by atoms with Gasteiger partial charge in [0.15, 0.2) is 0 Å². The lowest BCUT2D eigenvalue weighted by molar-refractivity contribution is 0.0944. The molecule has 5 heteroatoms. The Bertz CT molecular complexity index is 584. The first-order chi connectivity index (χ1) is 9.22. The van der Waals surface area contributed by atoms with Gasteiger partial charge >= 0.3 is 0 Å². The number of carbonyl (C=O) groups is 1. The standard InChI is InChI=1S/C14H17N3O2/c1-19-9-3-8-16-14(18)12-7-6-10-4-2-5-11(15)13(10)17-12/h2,4-7H,3,8-9,15H2,1H3,(H,16,18). The van der Waals surface area contributed by atoms with E-state index >= 15 is 0 Å². The molecule has 100 valence electrons. The number of hydrogen-bond acceptors (Lipinski definition) is 4. The van der Waals surface area contributed by atoms with Gasteiger partial charge < -0.3 is 15.8 Å². The van der Waals surface area contributed by atoms with Gasteiger partial charge in [0, 0.05) is 25.6 Å². The number of nitrogens with zero attached hydrogens (tertiary/aromatic N) is 1. The summed E-state index contributed by atoms with van der Waals surface area (Å²) in [7, 11) is 1.63. The number of rotatable bonds is 5. The van der Waals surface area contributed by atoms with E-state index in [1.54, 1.807) is 19.2 Å². The molecule has 0 radical (unpaired) electrons. The average molecular weight is 259 g/mol. The van der Waals surface area contributed by atoms with Crippen molar-refractivity contribution < 1.29 is 9.53 Å². The van der Waals surface area contributed by atoms with Crippen LogP contribution < -0.4 is 11.1 Å². The van der Waals surface area contributed by atoms with Crippen molar-refractivity contribution in [3.8, 4) is 0 Å². The summed E-state index contributed by atoms with van der Waals surface area (Å²) in [6.07, 6.45) is 0.776. The van der Waals surface area contributed by atoms with Crippen molar-refractivity contribution >= 4 is 22.5 Å². The summed E-state index contributed by atoms with van der Waals surface area (Å²) >= 11 is 0. The fraction of sp³-hybridized carbons (Fsp3) is 0.286. The highest BCUT2D eigenvalue weighted by Gasteiger charge is 2.08. The maximum Gasteiger partial charge on any atom is 0.269 e. The fourth-order valence-electron chi connectivity index (χ4n) is 1.81. The monoisotopic (exact) mass is 259 g/mol. The summed E-state index contributed by atoms with van der Waals surface area (Å²) in [6.45, 7) is 1.19. The highest BCUT2D eigenvalue weighted by atomic mass is 16.5. The fourth-order valence-corrected chi connectivity index (χ4v) is 1.81. The van der Waals surface area contributed by atoms with E-state index < -0.39 is 0 Å². The van der Waals surface area contributed by atoms with E-state index in [4.69, 9.17) is 10.5 Å². The average Bonchev–Trinajstić information content (AvgIpc) is 2.43. The number of para-hydroxylation sites is 1. The maximum atomic E-state index is 11.9. The molecule has 3 N–H and O–H groups in total. The third-order valence-corrected chi connectivity index (χ3v) is 2.79. The third kappa shape index (κ3) is 3.20. The number of anilines is 1. The number of nitrogen functional groups attached to an aromatic ring is 1. The van der Waals surface area contributed by atoms with Crippen molar-refractivity contribution in [2.75, 3.05) is 26.0 Å². The van der Waals surface area contributed by atoms with Crippen LogP contribution in [0.3, 0.4) is 0 Å². The molecular weight excluding hydrogens is 242 g/mol. The molecule has 1 aromatic heterocycles. The Hall–Kier alpha value is -2.14. The van der Waals surface area contributed by atoms with Gasteiger partial charge in [-0.15, -0.1) is 0 Å². The molecule has 0 fully saturated rings. The smallest absolute Gasteiger partial charge is 0.269 e. The van der Waals surface area contributed by atoms with Crippen molar-refractivity contribution in [3.05, 3.63) is 36.0 Å². The van der Waals surface area contributed by atoms with Crippen LogP contribution in [-0.4, -0.2) is 31.2 Å². The summed E-state index contributed by atoms with van der Waals surface area (Å²) in [5.74, 6) is -0.193. The number of hydrogen-bond donors (Lipinski definition) is 2. The second kappa shape index (κ2) is 6.15. The molecule has 1 aromatic carbocycles. The first kappa shape index (κ1) is 13.3. The number of amides is 1. The second-order valence-electron chi connectivity index (χ2n) is 4.22. The summed E-state index contributed by atoms with van der Waals surface area (Å²) in [5.41, 5.74) is 7.47. The van der Waals surface area contributed by atoms with Gasteiger partial charge in [-0.05, 0) is 18.6 Å². The Morgan fingerprint density at radius 2 is 2.21 bits per heavy atom. The summed E-state index contributed by atoms with van der Waals surface area (Å²) < 4.78 is 4.92. The van der Waals surface area contributed by atoms with E-state index in [-0.39, 0.29) is 5.91 Å². The molecule has 0 aliphatic carbocycles. The van der Waals surface area contributed by atoms with Crippen LogP contribution in [0.4, 0.5) is 5.69 Å². The number of carbonyl (C=O) groups excluding carboxylic acids is 1. The first-order valence-electron chi connectivity index (χ1n) is 6.15. The lowest BCUT2D eigenvalue weighted by Gasteiger charge is -2.06. The molecule has 0 aliphatic rings. The Labute approximate surface area is 111 Å². The first-order valence-corrected chi connectivity index (χ1v) is 6.15. The van der Waals surface area contributed by atoms with E-state index in [0.29, 0.717) is 30.0 Å². The molecule has 0 aliphatic heterocycles. The SMILES string of the molecule is COCCCNC(=O)c1ccc2cccc(N)c2n1. The molecule has 2 aromatic rings. The molecule has 0 spiro atoms. The van der Waals surface area contributed by atoms with Gasteiger partial charge in [-0.25, -0.2) is 4.98 Å². The number of aromatic nitrogens is 1. The molecule has 0 unspecified atom stereocenters. The van der Waals surface area contributed by atoms with Crippen molar-refractivity contribution in [2.45, 2.75) is 6.42 Å². The Kier molecular flexibility index (Phi) is 4.30. The Morgan fingerprint density at radius 1 is 1.37 bits per heavy atom. The van der Waals surface area contributed by atoms with E-state index in [0.717, 1.165) is 11.8 Å². The van der Waals surface area contributed by atoms with Crippen LogP contribution in [0.5, 0.6) is 0 Å².